The van der Waals surface area contributed by atoms with Crippen LogP contribution in [0.4, 0.5) is 11.4 Å². The van der Waals surface area contributed by atoms with Gasteiger partial charge < -0.3 is 11.1 Å². The summed E-state index contributed by atoms with van der Waals surface area (Å²) in [6.07, 6.45) is 3.32. The van der Waals surface area contributed by atoms with Gasteiger partial charge in [0, 0.05) is 17.9 Å². The molecule has 0 amide bonds. The van der Waals surface area contributed by atoms with Crippen LogP contribution in [0.1, 0.15) is 12.0 Å². The first-order valence-electron chi connectivity index (χ1n) is 4.83. The first kappa shape index (κ1) is 11.2. The fourth-order valence-electron chi connectivity index (χ4n) is 1.20. The summed E-state index contributed by atoms with van der Waals surface area (Å²) >= 11 is 1.88. The lowest BCUT2D eigenvalue weighted by Gasteiger charge is -2.07. The van der Waals surface area contributed by atoms with Crippen molar-refractivity contribution < 1.29 is 0 Å². The summed E-state index contributed by atoms with van der Waals surface area (Å²) in [5.74, 6) is 1.20. The van der Waals surface area contributed by atoms with Gasteiger partial charge in [-0.25, -0.2) is 0 Å². The third-order valence-corrected chi connectivity index (χ3v) is 2.83. The minimum absolute atomic E-state index is 0.861. The summed E-state index contributed by atoms with van der Waals surface area (Å²) in [5.41, 5.74) is 8.93. The van der Waals surface area contributed by atoms with Crippen LogP contribution in [0.15, 0.2) is 18.2 Å². The third kappa shape index (κ3) is 3.50. The van der Waals surface area contributed by atoms with Crippen molar-refractivity contribution in [2.24, 2.45) is 0 Å². The number of thioether (sulfide) groups is 1. The Balaban J connectivity index is 2.39. The Morgan fingerprint density at radius 3 is 2.86 bits per heavy atom. The molecule has 1 aromatic carbocycles. The molecule has 3 N–H and O–H groups in total. The normalized spacial score (nSPS) is 10.1. The number of nitrogens with two attached hydrogens (primary N) is 1. The number of nitrogens with one attached hydrogen (secondary N) is 1. The maximum Gasteiger partial charge on any atom is 0.0364 e. The van der Waals surface area contributed by atoms with Crippen LogP contribution in [0.25, 0.3) is 0 Å². The van der Waals surface area contributed by atoms with Gasteiger partial charge in [-0.15, -0.1) is 0 Å². The first-order valence-corrected chi connectivity index (χ1v) is 6.22. The molecule has 0 unspecified atom stereocenters. The molecule has 1 rings (SSSR count). The van der Waals surface area contributed by atoms with Crippen LogP contribution in [0.2, 0.25) is 0 Å². The van der Waals surface area contributed by atoms with E-state index in [9.17, 15) is 0 Å². The molecule has 14 heavy (non-hydrogen) atoms. The van der Waals surface area contributed by atoms with Crippen molar-refractivity contribution in [1.29, 1.82) is 0 Å². The fourth-order valence-corrected chi connectivity index (χ4v) is 1.63. The van der Waals surface area contributed by atoms with Gasteiger partial charge in [-0.3, -0.25) is 0 Å². The number of anilines is 2. The van der Waals surface area contributed by atoms with Crippen molar-refractivity contribution in [3.63, 3.8) is 0 Å². The highest BCUT2D eigenvalue weighted by atomic mass is 32.2. The fraction of sp³-hybridized carbons (Fsp3) is 0.455. The monoisotopic (exact) mass is 210 g/mol. The van der Waals surface area contributed by atoms with Crippen LogP contribution in [-0.4, -0.2) is 18.6 Å². The maximum atomic E-state index is 5.81. The van der Waals surface area contributed by atoms with Crippen LogP contribution in [0.3, 0.4) is 0 Å². The Labute approximate surface area is 90.3 Å². The molecule has 2 nitrogen and oxygen atoms in total. The number of rotatable bonds is 5. The SMILES string of the molecule is CSCCCNc1ccc(C)c(N)c1. The van der Waals surface area contributed by atoms with Gasteiger partial charge in [0.1, 0.15) is 0 Å². The summed E-state index contributed by atoms with van der Waals surface area (Å²) in [5, 5.41) is 3.35. The van der Waals surface area contributed by atoms with Gasteiger partial charge >= 0.3 is 0 Å². The van der Waals surface area contributed by atoms with E-state index in [2.05, 4.69) is 17.6 Å². The molecule has 1 aromatic rings. The van der Waals surface area contributed by atoms with Gasteiger partial charge in [-0.2, -0.15) is 11.8 Å². The predicted molar refractivity (Wildman–Crippen MR) is 67.1 cm³/mol. The summed E-state index contributed by atoms with van der Waals surface area (Å²) in [6, 6.07) is 6.12. The molecule has 0 aliphatic carbocycles. The van der Waals surface area contributed by atoms with Crippen LogP contribution in [-0.2, 0) is 0 Å². The standard InChI is InChI=1S/C11H18N2S/c1-9-4-5-10(8-11(9)12)13-6-3-7-14-2/h4-5,8,13H,3,6-7,12H2,1-2H3. The van der Waals surface area contributed by atoms with E-state index in [4.69, 9.17) is 5.73 Å². The van der Waals surface area contributed by atoms with Crippen molar-refractivity contribution in [3.05, 3.63) is 23.8 Å². The van der Waals surface area contributed by atoms with Crippen LogP contribution < -0.4 is 11.1 Å². The van der Waals surface area contributed by atoms with E-state index in [0.717, 1.165) is 23.5 Å². The van der Waals surface area contributed by atoms with E-state index in [1.807, 2.05) is 30.8 Å². The summed E-state index contributed by atoms with van der Waals surface area (Å²) in [7, 11) is 0. The van der Waals surface area contributed by atoms with Crippen LogP contribution >= 0.6 is 11.8 Å². The minimum Gasteiger partial charge on any atom is -0.398 e. The Bertz CT molecular complexity index is 287. The van der Waals surface area contributed by atoms with Gasteiger partial charge in [0.2, 0.25) is 0 Å². The number of nitrogen functional groups attached to an aromatic ring is 1. The van der Waals surface area contributed by atoms with Crippen molar-refractivity contribution in [3.8, 4) is 0 Å². The molecular formula is C11H18N2S. The molecule has 0 atom stereocenters. The second-order valence-electron chi connectivity index (χ2n) is 3.34. The number of hydrogen-bond acceptors (Lipinski definition) is 3. The molecule has 0 aromatic heterocycles. The molecule has 0 aliphatic heterocycles. The average Bonchev–Trinajstić information content (AvgIpc) is 2.18. The highest BCUT2D eigenvalue weighted by Gasteiger charge is 1.95. The van der Waals surface area contributed by atoms with Gasteiger partial charge in [-0.1, -0.05) is 6.07 Å². The zero-order valence-electron chi connectivity index (χ0n) is 8.84. The predicted octanol–water partition coefficient (Wildman–Crippen LogP) is 2.74. The van der Waals surface area contributed by atoms with Crippen molar-refractivity contribution in [2.75, 3.05) is 29.6 Å². The highest BCUT2D eigenvalue weighted by Crippen LogP contribution is 2.16. The molecule has 0 saturated heterocycles. The molecule has 0 saturated carbocycles. The summed E-state index contributed by atoms with van der Waals surface area (Å²) < 4.78 is 0. The zero-order chi connectivity index (χ0) is 10.4. The molecule has 0 fully saturated rings. The molecular weight excluding hydrogens is 192 g/mol. The Kier molecular flexibility index (Phi) is 4.66. The lowest BCUT2D eigenvalue weighted by atomic mass is 10.2. The second kappa shape index (κ2) is 5.81. The van der Waals surface area contributed by atoms with Crippen molar-refractivity contribution in [1.82, 2.24) is 0 Å². The van der Waals surface area contributed by atoms with Crippen LogP contribution in [0.5, 0.6) is 0 Å². The van der Waals surface area contributed by atoms with E-state index in [1.165, 1.54) is 12.2 Å². The van der Waals surface area contributed by atoms with E-state index < -0.39 is 0 Å². The molecule has 0 bridgehead atoms. The van der Waals surface area contributed by atoms with E-state index in [-0.39, 0.29) is 0 Å². The quantitative estimate of drug-likeness (QED) is 0.579. The van der Waals surface area contributed by atoms with Gasteiger partial charge in [-0.05, 0) is 43.0 Å². The van der Waals surface area contributed by atoms with Gasteiger partial charge in [0.15, 0.2) is 0 Å². The topological polar surface area (TPSA) is 38.0 Å². The number of hydrogen-bond donors (Lipinski definition) is 2. The van der Waals surface area contributed by atoms with Gasteiger partial charge in [0.25, 0.3) is 0 Å². The second-order valence-corrected chi connectivity index (χ2v) is 4.33. The summed E-state index contributed by atoms with van der Waals surface area (Å²) in [6.45, 7) is 3.04. The lowest BCUT2D eigenvalue weighted by molar-refractivity contribution is 0.993. The largest absolute Gasteiger partial charge is 0.398 e. The smallest absolute Gasteiger partial charge is 0.0364 e. The molecule has 0 aliphatic rings. The maximum absolute atomic E-state index is 5.81. The zero-order valence-corrected chi connectivity index (χ0v) is 9.66. The number of benzene rings is 1. The van der Waals surface area contributed by atoms with E-state index in [1.54, 1.807) is 0 Å². The highest BCUT2D eigenvalue weighted by molar-refractivity contribution is 7.98. The van der Waals surface area contributed by atoms with Crippen LogP contribution in [0, 0.1) is 6.92 Å². The molecule has 0 heterocycles. The number of aryl methyl sites for hydroxylation is 1. The molecule has 3 heteroatoms. The minimum atomic E-state index is 0.861. The average molecular weight is 210 g/mol. The Morgan fingerprint density at radius 1 is 1.43 bits per heavy atom. The van der Waals surface area contributed by atoms with Crippen molar-refractivity contribution in [2.45, 2.75) is 13.3 Å². The lowest BCUT2D eigenvalue weighted by Crippen LogP contribution is -2.03. The molecule has 0 radical (unpaired) electrons. The van der Waals surface area contributed by atoms with Crippen molar-refractivity contribution >= 4 is 23.1 Å². The third-order valence-electron chi connectivity index (χ3n) is 2.13. The molecule has 78 valence electrons. The van der Waals surface area contributed by atoms with E-state index in [0.29, 0.717) is 0 Å². The Hall–Kier alpha value is -0.830. The summed E-state index contributed by atoms with van der Waals surface area (Å²) in [4.78, 5) is 0. The van der Waals surface area contributed by atoms with Gasteiger partial charge in [0.05, 0.1) is 0 Å². The van der Waals surface area contributed by atoms with E-state index >= 15 is 0 Å². The Morgan fingerprint density at radius 2 is 2.21 bits per heavy atom. The first-order chi connectivity index (χ1) is 6.74. The molecule has 0 spiro atoms.